The normalized spacial score (nSPS) is 18.8. The van der Waals surface area contributed by atoms with Gasteiger partial charge in [-0.3, -0.25) is 14.5 Å². The van der Waals surface area contributed by atoms with Crippen molar-refractivity contribution in [3.63, 3.8) is 0 Å². The molecule has 1 aliphatic heterocycles. The SMILES string of the molecule is Cc1ccc(C(=O)N2CCCC(N(C)CC(=O)O)CC2)cc1Br. The van der Waals surface area contributed by atoms with Gasteiger partial charge >= 0.3 is 5.97 Å². The molecule has 6 heteroatoms. The molecule has 1 fully saturated rings. The lowest BCUT2D eigenvalue weighted by atomic mass is 10.1. The predicted molar refractivity (Wildman–Crippen MR) is 92.7 cm³/mol. The lowest BCUT2D eigenvalue weighted by molar-refractivity contribution is -0.138. The third-order valence-electron chi connectivity index (χ3n) is 4.41. The van der Waals surface area contributed by atoms with Crippen molar-refractivity contribution in [3.05, 3.63) is 33.8 Å². The Morgan fingerprint density at radius 3 is 2.74 bits per heavy atom. The van der Waals surface area contributed by atoms with E-state index in [2.05, 4.69) is 15.9 Å². The fraction of sp³-hybridized carbons (Fsp3) is 0.529. The molecular weight excluding hydrogens is 360 g/mol. The van der Waals surface area contributed by atoms with Crippen molar-refractivity contribution in [2.45, 2.75) is 32.2 Å². The van der Waals surface area contributed by atoms with Crippen molar-refractivity contribution >= 4 is 27.8 Å². The minimum absolute atomic E-state index is 0.0452. The third kappa shape index (κ3) is 4.78. The summed E-state index contributed by atoms with van der Waals surface area (Å²) in [6, 6.07) is 5.89. The molecule has 1 aromatic rings. The molecule has 0 aliphatic carbocycles. The first-order chi connectivity index (χ1) is 10.9. The van der Waals surface area contributed by atoms with Gasteiger partial charge in [-0.2, -0.15) is 0 Å². The first kappa shape index (κ1) is 17.9. The van der Waals surface area contributed by atoms with Gasteiger partial charge in [-0.1, -0.05) is 22.0 Å². The van der Waals surface area contributed by atoms with Crippen molar-refractivity contribution in [2.75, 3.05) is 26.7 Å². The molecule has 0 aromatic heterocycles. The molecule has 1 saturated heterocycles. The first-order valence-electron chi connectivity index (χ1n) is 7.86. The number of carbonyl (C=O) groups is 2. The van der Waals surface area contributed by atoms with Crippen molar-refractivity contribution in [1.29, 1.82) is 0 Å². The largest absolute Gasteiger partial charge is 0.480 e. The van der Waals surface area contributed by atoms with E-state index in [0.717, 1.165) is 35.8 Å². The number of carboxylic acids is 1. The smallest absolute Gasteiger partial charge is 0.317 e. The molecule has 0 bridgehead atoms. The number of likely N-dealkylation sites (N-methyl/N-ethyl adjacent to an activating group) is 1. The van der Waals surface area contributed by atoms with Gasteiger partial charge in [-0.05, 0) is 50.9 Å². The van der Waals surface area contributed by atoms with Crippen LogP contribution in [0.1, 0.15) is 35.2 Å². The number of aliphatic carboxylic acids is 1. The molecule has 126 valence electrons. The van der Waals surface area contributed by atoms with E-state index in [1.807, 2.05) is 42.0 Å². The van der Waals surface area contributed by atoms with Gasteiger partial charge < -0.3 is 10.0 Å². The van der Waals surface area contributed by atoms with Crippen molar-refractivity contribution in [2.24, 2.45) is 0 Å². The van der Waals surface area contributed by atoms with Gasteiger partial charge in [0.1, 0.15) is 0 Å². The molecule has 1 N–H and O–H groups in total. The summed E-state index contributed by atoms with van der Waals surface area (Å²) in [4.78, 5) is 27.3. The van der Waals surface area contributed by atoms with E-state index in [0.29, 0.717) is 12.1 Å². The van der Waals surface area contributed by atoms with Crippen LogP contribution in [-0.4, -0.2) is 59.5 Å². The molecule has 1 unspecified atom stereocenters. The van der Waals surface area contributed by atoms with Crippen LogP contribution in [0.2, 0.25) is 0 Å². The minimum atomic E-state index is -0.811. The summed E-state index contributed by atoms with van der Waals surface area (Å²) in [7, 11) is 1.84. The number of carboxylic acid groups (broad SMARTS) is 1. The fourth-order valence-corrected chi connectivity index (χ4v) is 3.35. The molecule has 1 aromatic carbocycles. The molecule has 1 atom stereocenters. The van der Waals surface area contributed by atoms with Crippen LogP contribution in [0, 0.1) is 6.92 Å². The molecule has 0 radical (unpaired) electrons. The molecule has 1 amide bonds. The van der Waals surface area contributed by atoms with E-state index < -0.39 is 5.97 Å². The first-order valence-corrected chi connectivity index (χ1v) is 8.65. The molecule has 23 heavy (non-hydrogen) atoms. The monoisotopic (exact) mass is 382 g/mol. The average Bonchev–Trinajstić information content (AvgIpc) is 2.74. The zero-order chi connectivity index (χ0) is 17.0. The van der Waals surface area contributed by atoms with E-state index in [4.69, 9.17) is 5.11 Å². The van der Waals surface area contributed by atoms with Gasteiger partial charge in [0.05, 0.1) is 6.54 Å². The minimum Gasteiger partial charge on any atom is -0.480 e. The lowest BCUT2D eigenvalue weighted by Gasteiger charge is -2.25. The van der Waals surface area contributed by atoms with E-state index in [1.54, 1.807) is 0 Å². The molecule has 2 rings (SSSR count). The number of aryl methyl sites for hydroxylation is 1. The number of carbonyl (C=O) groups excluding carboxylic acids is 1. The van der Waals surface area contributed by atoms with Crippen LogP contribution in [-0.2, 0) is 4.79 Å². The summed E-state index contributed by atoms with van der Waals surface area (Å²) in [6.07, 6.45) is 2.63. The van der Waals surface area contributed by atoms with Gasteiger partial charge in [-0.15, -0.1) is 0 Å². The van der Waals surface area contributed by atoms with Crippen molar-refractivity contribution in [3.8, 4) is 0 Å². The van der Waals surface area contributed by atoms with Crippen molar-refractivity contribution < 1.29 is 14.7 Å². The summed E-state index contributed by atoms with van der Waals surface area (Å²) in [5, 5.41) is 8.91. The predicted octanol–water partition coefficient (Wildman–Crippen LogP) is 2.77. The van der Waals surface area contributed by atoms with Crippen LogP contribution in [0.3, 0.4) is 0 Å². The number of likely N-dealkylation sites (tertiary alicyclic amines) is 1. The average molecular weight is 383 g/mol. The van der Waals surface area contributed by atoms with Crippen molar-refractivity contribution in [1.82, 2.24) is 9.80 Å². The van der Waals surface area contributed by atoms with E-state index >= 15 is 0 Å². The fourth-order valence-electron chi connectivity index (χ4n) is 2.97. The highest BCUT2D eigenvalue weighted by atomic mass is 79.9. The number of nitrogens with zero attached hydrogens (tertiary/aromatic N) is 2. The van der Waals surface area contributed by atoms with Gasteiger partial charge in [0, 0.05) is 29.2 Å². The van der Waals surface area contributed by atoms with E-state index in [9.17, 15) is 9.59 Å². The second-order valence-corrected chi connectivity index (χ2v) is 7.00. The Bertz CT molecular complexity index is 591. The van der Waals surface area contributed by atoms with Crippen LogP contribution in [0.5, 0.6) is 0 Å². The zero-order valence-electron chi connectivity index (χ0n) is 13.6. The van der Waals surface area contributed by atoms with Crippen LogP contribution >= 0.6 is 15.9 Å². The Labute approximate surface area is 145 Å². The summed E-state index contributed by atoms with van der Waals surface area (Å²) in [5.41, 5.74) is 1.80. The summed E-state index contributed by atoms with van der Waals surface area (Å²) in [5.74, 6) is -0.763. The second kappa shape index (κ2) is 7.93. The van der Waals surface area contributed by atoms with Gasteiger partial charge in [0.25, 0.3) is 5.91 Å². The van der Waals surface area contributed by atoms with Crippen LogP contribution in [0.4, 0.5) is 0 Å². The van der Waals surface area contributed by atoms with Crippen LogP contribution in [0.25, 0.3) is 0 Å². The van der Waals surface area contributed by atoms with E-state index in [-0.39, 0.29) is 18.5 Å². The molecular formula is C17H23BrN2O3. The standard InChI is InChI=1S/C17H23BrN2O3/c1-12-5-6-13(10-15(12)18)17(23)20-8-3-4-14(7-9-20)19(2)11-16(21)22/h5-6,10,14H,3-4,7-9,11H2,1-2H3,(H,21,22). The Morgan fingerprint density at radius 1 is 1.35 bits per heavy atom. The van der Waals surface area contributed by atoms with Gasteiger partial charge in [0.2, 0.25) is 0 Å². The summed E-state index contributed by atoms with van der Waals surface area (Å²) < 4.78 is 0.942. The number of amides is 1. The molecule has 5 nitrogen and oxygen atoms in total. The summed E-state index contributed by atoms with van der Waals surface area (Å²) in [6.45, 7) is 3.43. The molecule has 1 aliphatic rings. The summed E-state index contributed by atoms with van der Waals surface area (Å²) >= 11 is 3.47. The number of hydrogen-bond donors (Lipinski definition) is 1. The molecule has 1 heterocycles. The number of halogens is 1. The molecule has 0 spiro atoms. The van der Waals surface area contributed by atoms with Crippen LogP contribution in [0.15, 0.2) is 22.7 Å². The Morgan fingerprint density at radius 2 is 2.09 bits per heavy atom. The quantitative estimate of drug-likeness (QED) is 0.869. The van der Waals surface area contributed by atoms with Gasteiger partial charge in [-0.25, -0.2) is 0 Å². The maximum absolute atomic E-state index is 12.7. The number of hydrogen-bond acceptors (Lipinski definition) is 3. The Balaban J connectivity index is 2.00. The maximum atomic E-state index is 12.7. The maximum Gasteiger partial charge on any atom is 0.317 e. The van der Waals surface area contributed by atoms with Crippen LogP contribution < -0.4 is 0 Å². The highest BCUT2D eigenvalue weighted by Crippen LogP contribution is 2.21. The highest BCUT2D eigenvalue weighted by molar-refractivity contribution is 9.10. The second-order valence-electron chi connectivity index (χ2n) is 6.15. The van der Waals surface area contributed by atoms with E-state index in [1.165, 1.54) is 0 Å². The molecule has 0 saturated carbocycles. The number of benzene rings is 1. The highest BCUT2D eigenvalue weighted by Gasteiger charge is 2.24. The van der Waals surface area contributed by atoms with Gasteiger partial charge in [0.15, 0.2) is 0 Å². The third-order valence-corrected chi connectivity index (χ3v) is 5.27. The Hall–Kier alpha value is -1.40. The Kier molecular flexibility index (Phi) is 6.18. The topological polar surface area (TPSA) is 60.9 Å². The number of rotatable bonds is 4. The lowest BCUT2D eigenvalue weighted by Crippen LogP contribution is -2.37. The zero-order valence-corrected chi connectivity index (χ0v) is 15.2.